The number of aromatic nitrogens is 3. The van der Waals surface area contributed by atoms with E-state index in [1.165, 1.54) is 6.07 Å². The summed E-state index contributed by atoms with van der Waals surface area (Å²) in [6.07, 6.45) is 1.62. The molecule has 1 saturated carbocycles. The van der Waals surface area contributed by atoms with E-state index in [1.54, 1.807) is 12.1 Å². The van der Waals surface area contributed by atoms with Crippen LogP contribution in [0.25, 0.3) is 11.2 Å². The van der Waals surface area contributed by atoms with Gasteiger partial charge < -0.3 is 20.4 Å². The number of ether oxygens (including phenoxy) is 1. The SMILES string of the molecule is CS(=O)(=O)c1cc([C@@H]2CCCOC2)ccc1Nc1cc(NC(=O)C2CC2)nc2[nH]c(C(F)F)nc12. The monoisotopic (exact) mass is 505 g/mol. The van der Waals surface area contributed by atoms with Gasteiger partial charge in [0.05, 0.1) is 22.9 Å². The number of benzene rings is 1. The number of alkyl halides is 2. The van der Waals surface area contributed by atoms with Crippen molar-refractivity contribution in [3.05, 3.63) is 35.7 Å². The van der Waals surface area contributed by atoms with Crippen molar-refractivity contribution in [1.82, 2.24) is 15.0 Å². The van der Waals surface area contributed by atoms with Crippen molar-refractivity contribution < 1.29 is 26.7 Å². The molecule has 3 heterocycles. The van der Waals surface area contributed by atoms with Crippen molar-refractivity contribution >= 4 is 44.1 Å². The number of pyridine rings is 1. The van der Waals surface area contributed by atoms with Crippen LogP contribution in [0.4, 0.5) is 26.0 Å². The van der Waals surface area contributed by atoms with Crippen molar-refractivity contribution in [2.75, 3.05) is 30.1 Å². The number of H-pyrrole nitrogens is 1. The van der Waals surface area contributed by atoms with Gasteiger partial charge >= 0.3 is 0 Å². The molecule has 186 valence electrons. The lowest BCUT2D eigenvalue weighted by Gasteiger charge is -2.23. The molecule has 0 spiro atoms. The Morgan fingerprint density at radius 2 is 1.97 bits per heavy atom. The van der Waals surface area contributed by atoms with Gasteiger partial charge in [0.1, 0.15) is 11.3 Å². The first kappa shape index (κ1) is 23.6. The van der Waals surface area contributed by atoms with E-state index in [2.05, 4.69) is 25.6 Å². The van der Waals surface area contributed by atoms with E-state index in [4.69, 9.17) is 4.74 Å². The third-order valence-electron chi connectivity index (χ3n) is 6.18. The van der Waals surface area contributed by atoms with Crippen LogP contribution in [0.2, 0.25) is 0 Å². The van der Waals surface area contributed by atoms with Crippen LogP contribution in [0.5, 0.6) is 0 Å². The van der Waals surface area contributed by atoms with Crippen LogP contribution in [0.15, 0.2) is 29.2 Å². The number of nitrogens with zero attached hydrogens (tertiary/aromatic N) is 2. The van der Waals surface area contributed by atoms with Crippen LogP contribution in [-0.4, -0.2) is 48.7 Å². The standard InChI is InChI=1S/C23H25F2N5O4S/c1-35(32,33)17-9-13(14-3-2-8-34-11-14)6-7-15(17)26-16-10-18(28-23(31)12-4-5-12)27-21-19(16)29-22(30-21)20(24)25/h6-7,9-10,12,14,20H,2-5,8,11H2,1H3,(H3,26,27,28,29,30,31)/t14-/m1/s1. The van der Waals surface area contributed by atoms with Crippen molar-refractivity contribution in [3.63, 3.8) is 0 Å². The predicted octanol–water partition coefficient (Wildman–Crippen LogP) is 4.29. The highest BCUT2D eigenvalue weighted by Gasteiger charge is 2.30. The van der Waals surface area contributed by atoms with Crippen LogP contribution in [-0.2, 0) is 19.4 Å². The smallest absolute Gasteiger partial charge is 0.295 e. The van der Waals surface area contributed by atoms with E-state index in [0.29, 0.717) is 13.2 Å². The average Bonchev–Trinajstić information content (AvgIpc) is 3.58. The summed E-state index contributed by atoms with van der Waals surface area (Å²) in [5.74, 6) is -0.617. The molecule has 2 fully saturated rings. The number of hydrogen-bond donors (Lipinski definition) is 3. The van der Waals surface area contributed by atoms with Crippen molar-refractivity contribution in [1.29, 1.82) is 0 Å². The number of nitrogens with one attached hydrogen (secondary N) is 3. The molecule has 3 aromatic rings. The summed E-state index contributed by atoms with van der Waals surface area (Å²) in [6.45, 7) is 1.21. The molecule has 1 aliphatic heterocycles. The number of fused-ring (bicyclic) bond motifs is 1. The Morgan fingerprint density at radius 3 is 2.63 bits per heavy atom. The Hall–Kier alpha value is -3.12. The molecular formula is C23H25F2N5O4S. The molecule has 2 aliphatic rings. The van der Waals surface area contributed by atoms with Crippen LogP contribution in [0, 0.1) is 5.92 Å². The molecule has 1 aliphatic carbocycles. The molecule has 1 atom stereocenters. The summed E-state index contributed by atoms with van der Waals surface area (Å²) in [6, 6.07) is 6.57. The minimum absolute atomic E-state index is 0.0493. The molecule has 1 aromatic carbocycles. The third kappa shape index (κ3) is 5.13. The predicted molar refractivity (Wildman–Crippen MR) is 126 cm³/mol. The van der Waals surface area contributed by atoms with Crippen LogP contribution in [0.1, 0.15) is 49.4 Å². The lowest BCUT2D eigenvalue weighted by Crippen LogP contribution is -2.16. The van der Waals surface area contributed by atoms with E-state index in [1.807, 2.05) is 6.07 Å². The number of carbonyl (C=O) groups is 1. The summed E-state index contributed by atoms with van der Waals surface area (Å²) >= 11 is 0. The van der Waals surface area contributed by atoms with E-state index >= 15 is 0 Å². The Balaban J connectivity index is 1.55. The van der Waals surface area contributed by atoms with E-state index in [-0.39, 0.29) is 51.0 Å². The van der Waals surface area contributed by atoms with Gasteiger partial charge in [-0.2, -0.15) is 0 Å². The second-order valence-corrected chi connectivity index (χ2v) is 11.0. The molecule has 9 nitrogen and oxygen atoms in total. The number of carbonyl (C=O) groups excluding carboxylic acids is 1. The Labute approximate surface area is 200 Å². The third-order valence-corrected chi connectivity index (χ3v) is 7.32. The second-order valence-electron chi connectivity index (χ2n) is 9.01. The fraction of sp³-hybridized carbons (Fsp3) is 0.435. The van der Waals surface area contributed by atoms with Gasteiger partial charge in [-0.1, -0.05) is 6.07 Å². The van der Waals surface area contributed by atoms with Gasteiger partial charge in [0.15, 0.2) is 21.3 Å². The first-order valence-electron chi connectivity index (χ1n) is 11.4. The van der Waals surface area contributed by atoms with Gasteiger partial charge in [0.2, 0.25) is 5.91 Å². The Morgan fingerprint density at radius 1 is 1.17 bits per heavy atom. The Bertz CT molecular complexity index is 1380. The van der Waals surface area contributed by atoms with Gasteiger partial charge in [-0.25, -0.2) is 27.2 Å². The summed E-state index contributed by atoms with van der Waals surface area (Å²) in [5.41, 5.74) is 1.51. The van der Waals surface area contributed by atoms with Crippen LogP contribution >= 0.6 is 0 Å². The zero-order valence-electron chi connectivity index (χ0n) is 19.0. The number of aromatic amines is 1. The lowest BCUT2D eigenvalue weighted by molar-refractivity contribution is -0.117. The molecular weight excluding hydrogens is 480 g/mol. The number of hydrogen-bond acceptors (Lipinski definition) is 7. The molecule has 35 heavy (non-hydrogen) atoms. The maximum Gasteiger partial charge on any atom is 0.295 e. The van der Waals surface area contributed by atoms with Gasteiger partial charge in [0.25, 0.3) is 6.43 Å². The maximum atomic E-state index is 13.3. The summed E-state index contributed by atoms with van der Waals surface area (Å²) in [5, 5.41) is 5.73. The number of halogens is 2. The normalized spacial score (nSPS) is 18.7. The topological polar surface area (TPSA) is 126 Å². The number of anilines is 3. The molecule has 0 bridgehead atoms. The minimum Gasteiger partial charge on any atom is -0.381 e. The first-order chi connectivity index (χ1) is 16.7. The first-order valence-corrected chi connectivity index (χ1v) is 13.3. The molecule has 12 heteroatoms. The van der Waals surface area contributed by atoms with Gasteiger partial charge in [0, 0.05) is 30.8 Å². The van der Waals surface area contributed by atoms with Gasteiger partial charge in [-0.05, 0) is 43.4 Å². The van der Waals surface area contributed by atoms with Gasteiger partial charge in [-0.15, -0.1) is 0 Å². The quantitative estimate of drug-likeness (QED) is 0.437. The number of rotatable bonds is 7. The average molecular weight is 506 g/mol. The molecule has 5 rings (SSSR count). The highest BCUT2D eigenvalue weighted by molar-refractivity contribution is 7.90. The zero-order chi connectivity index (χ0) is 24.7. The van der Waals surface area contributed by atoms with Gasteiger partial charge in [-0.3, -0.25) is 4.79 Å². The number of imidazole rings is 1. The van der Waals surface area contributed by atoms with E-state index in [9.17, 15) is 22.0 Å². The number of sulfone groups is 1. The minimum atomic E-state index is -3.65. The summed E-state index contributed by atoms with van der Waals surface area (Å²) < 4.78 is 57.5. The lowest BCUT2D eigenvalue weighted by atomic mass is 9.93. The zero-order valence-corrected chi connectivity index (χ0v) is 19.8. The van der Waals surface area contributed by atoms with E-state index in [0.717, 1.165) is 37.5 Å². The molecule has 2 aromatic heterocycles. The molecule has 0 radical (unpaired) electrons. The Kier molecular flexibility index (Phi) is 6.18. The summed E-state index contributed by atoms with van der Waals surface area (Å²) in [4.78, 5) is 23.0. The summed E-state index contributed by atoms with van der Waals surface area (Å²) in [7, 11) is -3.65. The fourth-order valence-corrected chi connectivity index (χ4v) is 5.07. The van der Waals surface area contributed by atoms with Crippen LogP contribution < -0.4 is 10.6 Å². The largest absolute Gasteiger partial charge is 0.381 e. The number of amides is 1. The van der Waals surface area contributed by atoms with Crippen molar-refractivity contribution in [2.24, 2.45) is 5.92 Å². The molecule has 3 N–H and O–H groups in total. The second kappa shape index (κ2) is 9.15. The van der Waals surface area contributed by atoms with Crippen molar-refractivity contribution in [2.45, 2.75) is 42.9 Å². The molecule has 1 saturated heterocycles. The fourth-order valence-electron chi connectivity index (χ4n) is 4.20. The molecule has 0 unspecified atom stereocenters. The maximum absolute atomic E-state index is 13.3. The van der Waals surface area contributed by atoms with Crippen molar-refractivity contribution in [3.8, 4) is 0 Å². The van der Waals surface area contributed by atoms with Crippen LogP contribution in [0.3, 0.4) is 0 Å². The highest BCUT2D eigenvalue weighted by Crippen LogP contribution is 2.35. The van der Waals surface area contributed by atoms with E-state index < -0.39 is 22.1 Å². The molecule has 1 amide bonds. The highest BCUT2D eigenvalue weighted by atomic mass is 32.2.